The molecule has 0 spiro atoms. The molecule has 0 aromatic rings. The predicted octanol–water partition coefficient (Wildman–Crippen LogP) is 20.9. The molecule has 2 unspecified atom stereocenters. The number of quaternary nitrogens is 1. The SMILES string of the molecule is CC/C=C\C/C=C\C/C=C\C/C=C\C/C=C\C/C=C\C/C=C\C/C=C\CCCCCCCCC(=O)OC(COC(=O)CCCCCCCCCCCCCCCCCCCCCCCCCCCC)COP(=O)([O-])OCC[N+](C)(C)C. The van der Waals surface area contributed by atoms with Crippen LogP contribution in [0.5, 0.6) is 0 Å². The van der Waals surface area contributed by atoms with Gasteiger partial charge in [-0.1, -0.05) is 297 Å². The summed E-state index contributed by atoms with van der Waals surface area (Å²) >= 11 is 0. The van der Waals surface area contributed by atoms with Crippen molar-refractivity contribution in [3.63, 3.8) is 0 Å². The number of nitrogens with zero attached hydrogens (tertiary/aromatic N) is 1. The molecule has 2 atom stereocenters. The molecular weight excluding hydrogens is 1030 g/mol. The molecule has 0 heterocycles. The van der Waals surface area contributed by atoms with Crippen LogP contribution in [0.3, 0.4) is 0 Å². The molecule has 0 amide bonds. The number of phosphoric acid groups is 1. The molecule has 0 aliphatic heterocycles. The van der Waals surface area contributed by atoms with Crippen molar-refractivity contribution in [2.24, 2.45) is 0 Å². The summed E-state index contributed by atoms with van der Waals surface area (Å²) in [5.74, 6) is -0.844. The van der Waals surface area contributed by atoms with Crippen LogP contribution in [0.2, 0.25) is 0 Å². The molecule has 0 rings (SSSR count). The third-order valence-corrected chi connectivity index (χ3v) is 15.3. The quantitative estimate of drug-likeness (QED) is 0.0195. The minimum atomic E-state index is -4.65. The summed E-state index contributed by atoms with van der Waals surface area (Å²) in [4.78, 5) is 38.0. The lowest BCUT2D eigenvalue weighted by atomic mass is 10.0. The molecule has 0 fully saturated rings. The van der Waals surface area contributed by atoms with E-state index in [0.717, 1.165) is 109 Å². The third kappa shape index (κ3) is 65.9. The molecule has 0 bridgehead atoms. The third-order valence-electron chi connectivity index (χ3n) is 14.4. The van der Waals surface area contributed by atoms with Gasteiger partial charge in [0.05, 0.1) is 27.7 Å². The van der Waals surface area contributed by atoms with Gasteiger partial charge in [0.1, 0.15) is 19.8 Å². The number of likely N-dealkylation sites (N-methyl/N-ethyl adjacent to an activating group) is 1. The average molecular weight is 1150 g/mol. The maximum absolute atomic E-state index is 12.8. The van der Waals surface area contributed by atoms with Crippen LogP contribution in [-0.4, -0.2) is 70.0 Å². The summed E-state index contributed by atoms with van der Waals surface area (Å²) in [5, 5.41) is 0. The fourth-order valence-corrected chi connectivity index (χ4v) is 9.99. The van der Waals surface area contributed by atoms with Gasteiger partial charge >= 0.3 is 11.9 Å². The molecule has 468 valence electrons. The van der Waals surface area contributed by atoms with Crippen molar-refractivity contribution in [2.45, 2.75) is 296 Å². The Labute approximate surface area is 500 Å². The molecule has 10 heteroatoms. The highest BCUT2D eigenvalue weighted by atomic mass is 31.2. The molecule has 0 aromatic carbocycles. The van der Waals surface area contributed by atoms with Gasteiger partial charge in [0, 0.05) is 12.8 Å². The van der Waals surface area contributed by atoms with Crippen LogP contribution < -0.4 is 4.89 Å². The van der Waals surface area contributed by atoms with Gasteiger partial charge in [0.2, 0.25) is 0 Å². The highest BCUT2D eigenvalue weighted by molar-refractivity contribution is 7.45. The number of hydrogen-bond donors (Lipinski definition) is 0. The lowest BCUT2D eigenvalue weighted by Crippen LogP contribution is -2.37. The van der Waals surface area contributed by atoms with Crippen LogP contribution in [-0.2, 0) is 32.7 Å². The van der Waals surface area contributed by atoms with E-state index in [1.807, 2.05) is 21.1 Å². The topological polar surface area (TPSA) is 111 Å². The van der Waals surface area contributed by atoms with E-state index in [-0.39, 0.29) is 32.0 Å². The number of ether oxygens (including phenoxy) is 2. The second-order valence-corrected chi connectivity index (χ2v) is 24.9. The van der Waals surface area contributed by atoms with E-state index in [1.54, 1.807) is 0 Å². The number of esters is 2. The molecule has 9 nitrogen and oxygen atoms in total. The largest absolute Gasteiger partial charge is 0.756 e. The van der Waals surface area contributed by atoms with Gasteiger partial charge in [0.25, 0.3) is 7.82 Å². The monoisotopic (exact) mass is 1150 g/mol. The van der Waals surface area contributed by atoms with Gasteiger partial charge in [0.15, 0.2) is 6.10 Å². The zero-order valence-electron chi connectivity index (χ0n) is 53.2. The van der Waals surface area contributed by atoms with Crippen molar-refractivity contribution in [2.75, 3.05) is 47.5 Å². The predicted molar refractivity (Wildman–Crippen MR) is 346 cm³/mol. The first-order valence-corrected chi connectivity index (χ1v) is 34.9. The zero-order chi connectivity index (χ0) is 59.1. The van der Waals surface area contributed by atoms with Crippen molar-refractivity contribution in [3.05, 3.63) is 97.2 Å². The Balaban J connectivity index is 4.14. The minimum absolute atomic E-state index is 0.0372. The standard InChI is InChI=1S/C71H126NO8P/c1-6-8-10-12-14-16-18-20-22-24-26-28-30-32-34-35-36-37-38-40-42-44-46-48-50-52-54-56-58-60-62-64-71(74)80-69(68-79-81(75,76)78-66-65-72(3,4)5)67-77-70(73)63-61-59-57-55-53-51-49-47-45-43-41-39-33-31-29-27-25-23-21-19-17-15-13-11-9-7-2/h8,10,14,16,20,22,26,28,32,34,36-37,40,42,46,48,69H,6-7,9,11-13,15,17-19,21,23-25,27,29-31,33,35,38-39,41,43-45,47,49-68H2,1-5H3/b10-8-,16-14-,22-20-,28-26-,34-32-,37-36-,42-40-,48-46-. The molecule has 0 N–H and O–H groups in total. The molecule has 0 aliphatic rings. The normalized spacial score (nSPS) is 13.8. The second kappa shape index (κ2) is 61.5. The number of allylic oxidation sites excluding steroid dienone is 16. The minimum Gasteiger partial charge on any atom is -0.756 e. The number of rotatable bonds is 61. The van der Waals surface area contributed by atoms with Gasteiger partial charge in [-0.05, 0) is 77.0 Å². The van der Waals surface area contributed by atoms with Crippen LogP contribution in [0.15, 0.2) is 97.2 Å². The average Bonchev–Trinajstić information content (AvgIpc) is 3.43. The summed E-state index contributed by atoms with van der Waals surface area (Å²) in [6.07, 6.45) is 84.7. The molecule has 0 saturated heterocycles. The second-order valence-electron chi connectivity index (χ2n) is 23.5. The number of carbonyl (C=O) groups is 2. The van der Waals surface area contributed by atoms with E-state index in [1.165, 1.54) is 148 Å². The van der Waals surface area contributed by atoms with E-state index >= 15 is 0 Å². The van der Waals surface area contributed by atoms with Crippen molar-refractivity contribution in [1.29, 1.82) is 0 Å². The fourth-order valence-electron chi connectivity index (χ4n) is 9.26. The molecule has 0 saturated carbocycles. The first-order chi connectivity index (χ1) is 39.5. The fraction of sp³-hybridized carbons (Fsp3) is 0.746. The summed E-state index contributed by atoms with van der Waals surface area (Å²) in [7, 11) is 1.15. The van der Waals surface area contributed by atoms with Gasteiger partial charge in [-0.15, -0.1) is 0 Å². The highest BCUT2D eigenvalue weighted by Gasteiger charge is 2.22. The van der Waals surface area contributed by atoms with Gasteiger partial charge < -0.3 is 27.9 Å². The lowest BCUT2D eigenvalue weighted by molar-refractivity contribution is -0.870. The van der Waals surface area contributed by atoms with Crippen molar-refractivity contribution < 1.29 is 42.1 Å². The number of hydrogen-bond acceptors (Lipinski definition) is 8. The molecule has 0 aromatic heterocycles. The maximum Gasteiger partial charge on any atom is 0.306 e. The zero-order valence-corrected chi connectivity index (χ0v) is 54.1. The van der Waals surface area contributed by atoms with Crippen molar-refractivity contribution >= 4 is 19.8 Å². The molecule has 81 heavy (non-hydrogen) atoms. The van der Waals surface area contributed by atoms with E-state index in [0.29, 0.717) is 17.4 Å². The smallest absolute Gasteiger partial charge is 0.306 e. The Morgan fingerprint density at radius 3 is 1.05 bits per heavy atom. The van der Waals surface area contributed by atoms with Crippen molar-refractivity contribution in [1.82, 2.24) is 0 Å². The van der Waals surface area contributed by atoms with Crippen LogP contribution in [0.25, 0.3) is 0 Å². The van der Waals surface area contributed by atoms with Gasteiger partial charge in [-0.3, -0.25) is 14.2 Å². The van der Waals surface area contributed by atoms with Crippen molar-refractivity contribution in [3.8, 4) is 0 Å². The Morgan fingerprint density at radius 1 is 0.395 bits per heavy atom. The molecular formula is C71H126NO8P. The summed E-state index contributed by atoms with van der Waals surface area (Å²) in [5.41, 5.74) is 0. The Hall–Kier alpha value is -3.07. The maximum atomic E-state index is 12.8. The van der Waals surface area contributed by atoms with E-state index in [9.17, 15) is 19.0 Å². The van der Waals surface area contributed by atoms with Gasteiger partial charge in [-0.2, -0.15) is 0 Å². The van der Waals surface area contributed by atoms with E-state index in [2.05, 4.69) is 111 Å². The lowest BCUT2D eigenvalue weighted by Gasteiger charge is -2.28. The van der Waals surface area contributed by atoms with Crippen LogP contribution >= 0.6 is 7.82 Å². The molecule has 0 aliphatic carbocycles. The van der Waals surface area contributed by atoms with E-state index < -0.39 is 26.5 Å². The van der Waals surface area contributed by atoms with E-state index in [4.69, 9.17) is 18.5 Å². The number of carbonyl (C=O) groups excluding carboxylic acids is 2. The highest BCUT2D eigenvalue weighted by Crippen LogP contribution is 2.38. The first kappa shape index (κ1) is 77.9. The Kier molecular flexibility index (Phi) is 59.2. The van der Waals surface area contributed by atoms with Crippen LogP contribution in [0.4, 0.5) is 0 Å². The van der Waals surface area contributed by atoms with Crippen LogP contribution in [0.1, 0.15) is 290 Å². The first-order valence-electron chi connectivity index (χ1n) is 33.4. The Morgan fingerprint density at radius 2 is 0.704 bits per heavy atom. The van der Waals surface area contributed by atoms with Crippen LogP contribution in [0, 0.1) is 0 Å². The number of unbranched alkanes of at least 4 members (excludes halogenated alkanes) is 31. The summed E-state index contributed by atoms with van der Waals surface area (Å²) < 4.78 is 34.3. The van der Waals surface area contributed by atoms with Gasteiger partial charge in [-0.25, -0.2) is 0 Å². The summed E-state index contributed by atoms with van der Waals surface area (Å²) in [6.45, 7) is 4.14. The molecule has 0 radical (unpaired) electrons. The summed E-state index contributed by atoms with van der Waals surface area (Å²) in [6, 6.07) is 0. The Bertz CT molecular complexity index is 1690. The number of phosphoric ester groups is 1.